The van der Waals surface area contributed by atoms with E-state index in [1.165, 1.54) is 0 Å². The molecule has 0 aromatic carbocycles. The first kappa shape index (κ1) is 11.2. The van der Waals surface area contributed by atoms with Crippen molar-refractivity contribution in [3.05, 3.63) is 12.2 Å². The Morgan fingerprint density at radius 3 is 2.93 bits per heavy atom. The molecule has 1 aliphatic rings. The molecule has 1 aliphatic heterocycles. The summed E-state index contributed by atoms with van der Waals surface area (Å²) in [7, 11) is 0. The Kier molecular flexibility index (Phi) is 4.10. The van der Waals surface area contributed by atoms with Gasteiger partial charge >= 0.3 is 5.97 Å². The van der Waals surface area contributed by atoms with Gasteiger partial charge in [0.25, 0.3) is 0 Å². The maximum absolute atomic E-state index is 11.0. The minimum atomic E-state index is -0.321. The van der Waals surface area contributed by atoms with Crippen LogP contribution in [0.15, 0.2) is 12.2 Å². The van der Waals surface area contributed by atoms with Crippen LogP contribution in [0.4, 0.5) is 0 Å². The average Bonchev–Trinajstić information content (AvgIpc) is 2.51. The number of carbonyl (C=O) groups excluding carboxylic acids is 1. The molecule has 4 heteroatoms. The number of hydrogen-bond donors (Lipinski definition) is 0. The Morgan fingerprint density at radius 2 is 2.43 bits per heavy atom. The van der Waals surface area contributed by atoms with Crippen LogP contribution in [0.2, 0.25) is 0 Å². The largest absolute Gasteiger partial charge is 0.461 e. The molecule has 0 saturated carbocycles. The minimum absolute atomic E-state index is 0.284. The summed E-state index contributed by atoms with van der Waals surface area (Å²) < 4.78 is 10.3. The number of nitrogens with zero attached hydrogens (tertiary/aromatic N) is 1. The van der Waals surface area contributed by atoms with Crippen LogP contribution < -0.4 is 0 Å². The minimum Gasteiger partial charge on any atom is -0.461 e. The Balaban J connectivity index is 2.10. The van der Waals surface area contributed by atoms with Crippen LogP contribution in [0.5, 0.6) is 0 Å². The highest BCUT2D eigenvalue weighted by atomic mass is 16.5. The molecule has 0 spiro atoms. The SMILES string of the molecule is C=C(C)C(=O)OCCN1COC(C)C1. The van der Waals surface area contributed by atoms with Crippen LogP contribution >= 0.6 is 0 Å². The Labute approximate surface area is 84.5 Å². The van der Waals surface area contributed by atoms with Crippen molar-refractivity contribution in [3.8, 4) is 0 Å². The first-order chi connectivity index (χ1) is 6.59. The summed E-state index contributed by atoms with van der Waals surface area (Å²) in [4.78, 5) is 13.1. The fourth-order valence-electron chi connectivity index (χ4n) is 1.25. The summed E-state index contributed by atoms with van der Waals surface area (Å²) >= 11 is 0. The van der Waals surface area contributed by atoms with E-state index in [0.717, 1.165) is 13.1 Å². The van der Waals surface area contributed by atoms with Crippen molar-refractivity contribution in [2.75, 3.05) is 26.4 Å². The molecule has 1 atom stereocenters. The highest BCUT2D eigenvalue weighted by molar-refractivity contribution is 5.86. The van der Waals surface area contributed by atoms with Crippen molar-refractivity contribution in [2.24, 2.45) is 0 Å². The van der Waals surface area contributed by atoms with Gasteiger partial charge in [0, 0.05) is 18.7 Å². The zero-order valence-electron chi connectivity index (χ0n) is 8.78. The number of esters is 1. The lowest BCUT2D eigenvalue weighted by Gasteiger charge is -2.12. The third-order valence-corrected chi connectivity index (χ3v) is 2.05. The molecule has 1 fully saturated rings. The van der Waals surface area contributed by atoms with Crippen LogP contribution in [0.3, 0.4) is 0 Å². The number of ether oxygens (including phenoxy) is 2. The molecule has 0 bridgehead atoms. The summed E-state index contributed by atoms with van der Waals surface area (Å²) in [6, 6.07) is 0. The van der Waals surface area contributed by atoms with E-state index in [4.69, 9.17) is 9.47 Å². The molecule has 0 radical (unpaired) electrons. The highest BCUT2D eigenvalue weighted by Crippen LogP contribution is 2.06. The molecular formula is C10H17NO3. The Hall–Kier alpha value is -0.870. The van der Waals surface area contributed by atoms with Crippen LogP contribution in [-0.4, -0.2) is 43.4 Å². The van der Waals surface area contributed by atoms with Crippen LogP contribution in [0.25, 0.3) is 0 Å². The summed E-state index contributed by atoms with van der Waals surface area (Å²) in [5.41, 5.74) is 0.441. The lowest BCUT2D eigenvalue weighted by Crippen LogP contribution is -2.26. The smallest absolute Gasteiger partial charge is 0.333 e. The van der Waals surface area contributed by atoms with Crippen LogP contribution in [-0.2, 0) is 14.3 Å². The second kappa shape index (κ2) is 5.12. The number of hydrogen-bond acceptors (Lipinski definition) is 4. The molecule has 0 aliphatic carbocycles. The van der Waals surface area contributed by atoms with Crippen molar-refractivity contribution in [1.29, 1.82) is 0 Å². The summed E-state index contributed by atoms with van der Waals surface area (Å²) in [5, 5.41) is 0. The quantitative estimate of drug-likeness (QED) is 0.495. The van der Waals surface area contributed by atoms with E-state index >= 15 is 0 Å². The van der Waals surface area contributed by atoms with Gasteiger partial charge in [-0.15, -0.1) is 0 Å². The highest BCUT2D eigenvalue weighted by Gasteiger charge is 2.18. The van der Waals surface area contributed by atoms with Gasteiger partial charge in [-0.2, -0.15) is 0 Å². The molecule has 4 nitrogen and oxygen atoms in total. The molecule has 1 unspecified atom stereocenters. The van der Waals surface area contributed by atoms with Gasteiger partial charge in [0.15, 0.2) is 0 Å². The predicted octanol–water partition coefficient (Wildman–Crippen LogP) is 0.784. The maximum Gasteiger partial charge on any atom is 0.333 e. The standard InChI is InChI=1S/C10H17NO3/c1-8(2)10(12)13-5-4-11-6-9(3)14-7-11/h9H,1,4-7H2,2-3H3. The summed E-state index contributed by atoms with van der Waals surface area (Å²) in [6.07, 6.45) is 0.284. The second-order valence-electron chi connectivity index (χ2n) is 3.60. The third-order valence-electron chi connectivity index (χ3n) is 2.05. The normalized spacial score (nSPS) is 22.3. The molecule has 0 amide bonds. The molecule has 1 saturated heterocycles. The van der Waals surface area contributed by atoms with Gasteiger partial charge in [0.1, 0.15) is 6.61 Å². The summed E-state index contributed by atoms with van der Waals surface area (Å²) in [5.74, 6) is -0.321. The van der Waals surface area contributed by atoms with E-state index in [0.29, 0.717) is 18.9 Å². The fraction of sp³-hybridized carbons (Fsp3) is 0.700. The fourth-order valence-corrected chi connectivity index (χ4v) is 1.25. The molecule has 0 aromatic rings. The first-order valence-electron chi connectivity index (χ1n) is 4.76. The Morgan fingerprint density at radius 1 is 1.71 bits per heavy atom. The van der Waals surface area contributed by atoms with E-state index in [1.807, 2.05) is 6.92 Å². The lowest BCUT2D eigenvalue weighted by atomic mass is 10.4. The van der Waals surface area contributed by atoms with Crippen molar-refractivity contribution >= 4 is 5.97 Å². The van der Waals surface area contributed by atoms with E-state index in [9.17, 15) is 4.79 Å². The molecule has 14 heavy (non-hydrogen) atoms. The maximum atomic E-state index is 11.0. The zero-order valence-corrected chi connectivity index (χ0v) is 8.78. The third kappa shape index (κ3) is 3.47. The molecule has 0 aromatic heterocycles. The van der Waals surface area contributed by atoms with Gasteiger partial charge in [-0.3, -0.25) is 4.90 Å². The molecule has 0 N–H and O–H groups in total. The zero-order chi connectivity index (χ0) is 10.6. The molecule has 1 rings (SSSR count). The molecule has 80 valence electrons. The van der Waals surface area contributed by atoms with Gasteiger partial charge in [0.2, 0.25) is 0 Å². The monoisotopic (exact) mass is 199 g/mol. The summed E-state index contributed by atoms with van der Waals surface area (Å²) in [6.45, 7) is 9.84. The van der Waals surface area contributed by atoms with E-state index in [-0.39, 0.29) is 12.1 Å². The number of carbonyl (C=O) groups is 1. The predicted molar refractivity (Wildman–Crippen MR) is 52.8 cm³/mol. The van der Waals surface area contributed by atoms with Crippen molar-refractivity contribution in [2.45, 2.75) is 20.0 Å². The second-order valence-corrected chi connectivity index (χ2v) is 3.60. The topological polar surface area (TPSA) is 38.8 Å². The van der Waals surface area contributed by atoms with E-state index in [2.05, 4.69) is 11.5 Å². The van der Waals surface area contributed by atoms with Gasteiger partial charge in [-0.1, -0.05) is 6.58 Å². The van der Waals surface area contributed by atoms with Crippen molar-refractivity contribution < 1.29 is 14.3 Å². The van der Waals surface area contributed by atoms with Crippen molar-refractivity contribution in [3.63, 3.8) is 0 Å². The average molecular weight is 199 g/mol. The Bertz CT molecular complexity index is 227. The van der Waals surface area contributed by atoms with Gasteiger partial charge < -0.3 is 9.47 Å². The number of rotatable bonds is 4. The van der Waals surface area contributed by atoms with Crippen LogP contribution in [0, 0.1) is 0 Å². The van der Waals surface area contributed by atoms with Gasteiger partial charge in [-0.25, -0.2) is 4.79 Å². The molecule has 1 heterocycles. The molecular weight excluding hydrogens is 182 g/mol. The van der Waals surface area contributed by atoms with Crippen LogP contribution in [0.1, 0.15) is 13.8 Å². The first-order valence-corrected chi connectivity index (χ1v) is 4.76. The van der Waals surface area contributed by atoms with E-state index < -0.39 is 0 Å². The van der Waals surface area contributed by atoms with Gasteiger partial charge in [-0.05, 0) is 13.8 Å². The lowest BCUT2D eigenvalue weighted by molar-refractivity contribution is -0.139. The van der Waals surface area contributed by atoms with Crippen molar-refractivity contribution in [1.82, 2.24) is 4.90 Å². The van der Waals surface area contributed by atoms with E-state index in [1.54, 1.807) is 6.92 Å². The van der Waals surface area contributed by atoms with Gasteiger partial charge in [0.05, 0.1) is 12.8 Å².